The Labute approximate surface area is 120 Å². The highest BCUT2D eigenvalue weighted by Gasteiger charge is 2.14. The van der Waals surface area contributed by atoms with Gasteiger partial charge in [0.25, 0.3) is 5.78 Å². The van der Waals surface area contributed by atoms with Crippen molar-refractivity contribution in [1.82, 2.24) is 24.7 Å². The first-order chi connectivity index (χ1) is 9.58. The molecule has 3 aromatic heterocycles. The molecular formula is C13H15N5OS. The van der Waals surface area contributed by atoms with E-state index in [4.69, 9.17) is 4.52 Å². The standard InChI is InChI=1S/C13H15N5OS/c1-7-8(2)16-13-14-6-15-18(13)12(7)20-5-11-9(3)17-19-10(11)4/h6H,5H2,1-4H3. The molecule has 0 amide bonds. The molecule has 3 heterocycles. The second-order valence-corrected chi connectivity index (χ2v) is 5.65. The second kappa shape index (κ2) is 4.90. The van der Waals surface area contributed by atoms with Crippen LogP contribution in [0.1, 0.15) is 28.3 Å². The van der Waals surface area contributed by atoms with Crippen molar-refractivity contribution in [3.8, 4) is 0 Å². The molecule has 104 valence electrons. The third-order valence-electron chi connectivity index (χ3n) is 3.39. The number of aryl methyl sites for hydroxylation is 3. The summed E-state index contributed by atoms with van der Waals surface area (Å²) in [7, 11) is 0. The van der Waals surface area contributed by atoms with Crippen LogP contribution in [0.25, 0.3) is 5.78 Å². The summed E-state index contributed by atoms with van der Waals surface area (Å²) in [5.74, 6) is 2.29. The molecule has 0 aliphatic heterocycles. The van der Waals surface area contributed by atoms with E-state index in [0.29, 0.717) is 5.78 Å². The number of aromatic nitrogens is 5. The second-order valence-electron chi connectivity index (χ2n) is 4.69. The zero-order chi connectivity index (χ0) is 14.3. The van der Waals surface area contributed by atoms with Gasteiger partial charge >= 0.3 is 0 Å². The molecule has 20 heavy (non-hydrogen) atoms. The molecule has 0 saturated heterocycles. The molecule has 0 atom stereocenters. The minimum atomic E-state index is 0.634. The lowest BCUT2D eigenvalue weighted by molar-refractivity contribution is 0.392. The predicted molar refractivity (Wildman–Crippen MR) is 75.8 cm³/mol. The molecule has 6 nitrogen and oxygen atoms in total. The van der Waals surface area contributed by atoms with Crippen LogP contribution >= 0.6 is 11.8 Å². The molecule has 0 fully saturated rings. The summed E-state index contributed by atoms with van der Waals surface area (Å²) in [6.07, 6.45) is 1.53. The highest BCUT2D eigenvalue weighted by atomic mass is 32.2. The molecule has 0 N–H and O–H groups in total. The zero-order valence-corrected chi connectivity index (χ0v) is 12.7. The molecule has 0 spiro atoms. The van der Waals surface area contributed by atoms with Crippen LogP contribution in [0.2, 0.25) is 0 Å². The maximum absolute atomic E-state index is 5.20. The van der Waals surface area contributed by atoms with Gasteiger partial charge in [-0.3, -0.25) is 0 Å². The van der Waals surface area contributed by atoms with Crippen LogP contribution in [0.15, 0.2) is 15.9 Å². The van der Waals surface area contributed by atoms with E-state index in [1.807, 2.05) is 20.8 Å². The number of rotatable bonds is 3. The van der Waals surface area contributed by atoms with Crippen LogP contribution in [0, 0.1) is 27.7 Å². The van der Waals surface area contributed by atoms with Gasteiger partial charge in [0.2, 0.25) is 0 Å². The van der Waals surface area contributed by atoms with Gasteiger partial charge in [-0.05, 0) is 27.7 Å². The molecule has 0 bridgehead atoms. The molecule has 0 aliphatic carbocycles. The van der Waals surface area contributed by atoms with Gasteiger partial charge in [-0.25, -0.2) is 4.98 Å². The third kappa shape index (κ3) is 2.07. The summed E-state index contributed by atoms with van der Waals surface area (Å²) in [5, 5.41) is 9.29. The molecule has 3 rings (SSSR count). The molecular weight excluding hydrogens is 274 g/mol. The van der Waals surface area contributed by atoms with Crippen LogP contribution in [0.4, 0.5) is 0 Å². The van der Waals surface area contributed by atoms with E-state index in [1.54, 1.807) is 16.3 Å². The summed E-state index contributed by atoms with van der Waals surface area (Å²) in [6, 6.07) is 0. The number of hydrogen-bond acceptors (Lipinski definition) is 6. The third-order valence-corrected chi connectivity index (χ3v) is 4.57. The van der Waals surface area contributed by atoms with Crippen LogP contribution in [-0.4, -0.2) is 24.7 Å². The topological polar surface area (TPSA) is 69.1 Å². The largest absolute Gasteiger partial charge is 0.361 e. The maximum atomic E-state index is 5.20. The molecule has 0 saturated carbocycles. The molecule has 0 aliphatic rings. The quantitative estimate of drug-likeness (QED) is 0.545. The molecule has 0 radical (unpaired) electrons. The lowest BCUT2D eigenvalue weighted by Crippen LogP contribution is -2.02. The van der Waals surface area contributed by atoms with Crippen LogP contribution in [0.5, 0.6) is 0 Å². The molecule has 7 heteroatoms. The first-order valence-electron chi connectivity index (χ1n) is 6.29. The van der Waals surface area contributed by atoms with E-state index >= 15 is 0 Å². The Morgan fingerprint density at radius 1 is 1.20 bits per heavy atom. The normalized spacial score (nSPS) is 11.4. The van der Waals surface area contributed by atoms with Gasteiger partial charge in [0.15, 0.2) is 0 Å². The predicted octanol–water partition coefficient (Wildman–Crippen LogP) is 2.64. The van der Waals surface area contributed by atoms with Gasteiger partial charge in [0, 0.05) is 22.6 Å². The van der Waals surface area contributed by atoms with Gasteiger partial charge in [-0.15, -0.1) is 11.8 Å². The van der Waals surface area contributed by atoms with Crippen molar-refractivity contribution in [2.75, 3.05) is 0 Å². The highest BCUT2D eigenvalue weighted by Crippen LogP contribution is 2.29. The summed E-state index contributed by atoms with van der Waals surface area (Å²) >= 11 is 1.70. The fourth-order valence-electron chi connectivity index (χ4n) is 2.02. The summed E-state index contributed by atoms with van der Waals surface area (Å²) in [6.45, 7) is 7.94. The lowest BCUT2D eigenvalue weighted by atomic mass is 10.2. The van der Waals surface area contributed by atoms with Gasteiger partial charge in [-0.2, -0.15) is 14.6 Å². The van der Waals surface area contributed by atoms with E-state index in [2.05, 4.69) is 27.1 Å². The van der Waals surface area contributed by atoms with Crippen molar-refractivity contribution in [1.29, 1.82) is 0 Å². The maximum Gasteiger partial charge on any atom is 0.253 e. The average Bonchev–Trinajstić information content (AvgIpc) is 2.99. The number of fused-ring (bicyclic) bond motifs is 1. The zero-order valence-electron chi connectivity index (χ0n) is 11.8. The monoisotopic (exact) mass is 289 g/mol. The SMILES string of the molecule is Cc1nc2ncnn2c(SCc2c(C)noc2C)c1C. The van der Waals surface area contributed by atoms with E-state index in [0.717, 1.165) is 39.1 Å². The Bertz CT molecular complexity index is 757. The van der Waals surface area contributed by atoms with Crippen LogP contribution in [0.3, 0.4) is 0 Å². The van der Waals surface area contributed by atoms with Crippen molar-refractivity contribution in [2.45, 2.75) is 38.5 Å². The molecule has 0 aromatic carbocycles. The summed E-state index contributed by atoms with van der Waals surface area (Å²) in [5.41, 5.74) is 4.18. The first kappa shape index (κ1) is 13.1. The average molecular weight is 289 g/mol. The number of nitrogens with zero attached hydrogens (tertiary/aromatic N) is 5. The minimum absolute atomic E-state index is 0.634. The van der Waals surface area contributed by atoms with Crippen LogP contribution in [-0.2, 0) is 5.75 Å². The Balaban J connectivity index is 1.98. The Hall–Kier alpha value is -1.89. The number of thioether (sulfide) groups is 1. The van der Waals surface area contributed by atoms with Gasteiger partial charge in [0.1, 0.15) is 17.1 Å². The lowest BCUT2D eigenvalue weighted by Gasteiger charge is -2.09. The van der Waals surface area contributed by atoms with E-state index in [-0.39, 0.29) is 0 Å². The van der Waals surface area contributed by atoms with Crippen molar-refractivity contribution in [2.24, 2.45) is 0 Å². The van der Waals surface area contributed by atoms with Gasteiger partial charge < -0.3 is 4.52 Å². The van der Waals surface area contributed by atoms with E-state index in [9.17, 15) is 0 Å². The highest BCUT2D eigenvalue weighted by molar-refractivity contribution is 7.98. The first-order valence-corrected chi connectivity index (χ1v) is 7.28. The summed E-state index contributed by atoms with van der Waals surface area (Å²) < 4.78 is 6.98. The van der Waals surface area contributed by atoms with Crippen molar-refractivity contribution in [3.63, 3.8) is 0 Å². The van der Waals surface area contributed by atoms with Crippen LogP contribution < -0.4 is 0 Å². The Morgan fingerprint density at radius 3 is 2.70 bits per heavy atom. The number of hydrogen-bond donors (Lipinski definition) is 0. The smallest absolute Gasteiger partial charge is 0.253 e. The minimum Gasteiger partial charge on any atom is -0.361 e. The van der Waals surface area contributed by atoms with Gasteiger partial charge in [0.05, 0.1) is 5.69 Å². The molecule has 3 aromatic rings. The Kier molecular flexibility index (Phi) is 3.21. The summed E-state index contributed by atoms with van der Waals surface area (Å²) in [4.78, 5) is 8.58. The van der Waals surface area contributed by atoms with Crippen molar-refractivity contribution in [3.05, 3.63) is 34.6 Å². The van der Waals surface area contributed by atoms with Crippen molar-refractivity contribution >= 4 is 17.5 Å². The van der Waals surface area contributed by atoms with E-state index in [1.165, 1.54) is 6.33 Å². The van der Waals surface area contributed by atoms with E-state index < -0.39 is 0 Å². The Morgan fingerprint density at radius 2 is 2.00 bits per heavy atom. The van der Waals surface area contributed by atoms with Crippen molar-refractivity contribution < 1.29 is 4.52 Å². The molecule has 0 unspecified atom stereocenters. The fourth-order valence-corrected chi connectivity index (χ4v) is 3.33. The van der Waals surface area contributed by atoms with Gasteiger partial charge in [-0.1, -0.05) is 5.16 Å². The fraction of sp³-hybridized carbons (Fsp3) is 0.385.